The molecule has 48 heavy (non-hydrogen) atoms. The molecule has 2 saturated heterocycles. The number of fused-ring (bicyclic) bond motifs is 4. The molecule has 1 N–H and O–H groups in total. The third-order valence-corrected chi connectivity index (χ3v) is 11.2. The van der Waals surface area contributed by atoms with Crippen LogP contribution in [0.3, 0.4) is 0 Å². The number of alkyl halides is 2. The molecular weight excluding hydrogens is 668 g/mol. The summed E-state index contributed by atoms with van der Waals surface area (Å²) in [5.41, 5.74) is 0.876. The van der Waals surface area contributed by atoms with Crippen LogP contribution < -0.4 is 14.5 Å². The van der Waals surface area contributed by atoms with E-state index in [0.717, 1.165) is 21.9 Å². The first kappa shape index (κ1) is 31.8. The fraction of sp³-hybridized carbons (Fsp3) is 0.294. The number of benzene rings is 3. The van der Waals surface area contributed by atoms with E-state index >= 15 is 0 Å². The van der Waals surface area contributed by atoms with Crippen LogP contribution in [0.2, 0.25) is 0 Å². The number of hydrogen-bond acceptors (Lipinski definition) is 8. The van der Waals surface area contributed by atoms with Gasteiger partial charge in [0.2, 0.25) is 11.8 Å². The van der Waals surface area contributed by atoms with Crippen LogP contribution in [0, 0.1) is 33.7 Å². The number of nitro benzene ring substituents is 1. The van der Waals surface area contributed by atoms with Gasteiger partial charge in [-0.1, -0.05) is 17.7 Å². The molecule has 0 spiro atoms. The maximum atomic E-state index is 14.5. The minimum absolute atomic E-state index is 0.0478. The van der Waals surface area contributed by atoms with Gasteiger partial charge in [0.05, 0.1) is 34.7 Å². The molecule has 1 saturated carbocycles. The van der Waals surface area contributed by atoms with Gasteiger partial charge in [0, 0.05) is 18.1 Å². The van der Waals surface area contributed by atoms with E-state index < -0.39 is 67.8 Å². The van der Waals surface area contributed by atoms with Crippen LogP contribution in [0.4, 0.5) is 21.5 Å². The van der Waals surface area contributed by atoms with Crippen LogP contribution in [0.15, 0.2) is 78.4 Å². The van der Waals surface area contributed by atoms with Crippen LogP contribution in [0.1, 0.15) is 31.2 Å². The first-order valence-electron chi connectivity index (χ1n) is 15.1. The Kier molecular flexibility index (Phi) is 7.37. The molecule has 0 bridgehead atoms. The number of allylic oxidation sites excluding steroid dienone is 2. The molecule has 4 aliphatic rings. The highest BCUT2D eigenvalue weighted by Gasteiger charge is 2.76. The number of phenols is 1. The van der Waals surface area contributed by atoms with Crippen LogP contribution in [0.5, 0.6) is 11.5 Å². The highest BCUT2D eigenvalue weighted by molar-refractivity contribution is 6.58. The normalized spacial score (nSPS) is 29.4. The SMILES string of the molecule is CCOc1cc([C@H]2C3=CC[C@@H]4C(=O)N(c5ccc([N+](=O)[O-])cc5)C(=O)[C@@H]4[C@@H]3C[C@@]3(Cl)C(=O)N(c4ccc(F)cc4)C(=O)[C@@]23Cl)ccc1O. The molecule has 0 unspecified atom stereocenters. The Balaban J connectivity index is 1.38. The maximum absolute atomic E-state index is 14.5. The fourth-order valence-corrected chi connectivity index (χ4v) is 8.67. The molecule has 0 aromatic heterocycles. The standard InChI is InChI=1S/C34H26Cl2FN3O8/c1-2-48-26-15-17(3-14-25(26)41)28-22-12-13-23-27(30(43)38(29(23)42)19-8-10-21(11-9-19)40(46)47)24(22)16-33(35)31(44)39(32(45)34(28,33)36)20-6-4-18(37)5-7-20/h3-12,14-15,23-24,27-28,41H,2,13,16H2,1H3/t23-,24+,27-,28-,33+,34-/m0/s1. The zero-order valence-electron chi connectivity index (χ0n) is 25.1. The largest absolute Gasteiger partial charge is 0.504 e. The van der Waals surface area contributed by atoms with E-state index in [1.54, 1.807) is 13.0 Å². The zero-order chi connectivity index (χ0) is 34.3. The number of carbonyl (C=O) groups excluding carboxylic acids is 4. The van der Waals surface area contributed by atoms with Gasteiger partial charge in [-0.2, -0.15) is 0 Å². The van der Waals surface area contributed by atoms with Crippen molar-refractivity contribution in [3.8, 4) is 11.5 Å². The van der Waals surface area contributed by atoms with Gasteiger partial charge in [0.25, 0.3) is 17.5 Å². The smallest absolute Gasteiger partial charge is 0.269 e. The van der Waals surface area contributed by atoms with Crippen molar-refractivity contribution in [3.63, 3.8) is 0 Å². The summed E-state index contributed by atoms with van der Waals surface area (Å²) >= 11 is 14.7. The van der Waals surface area contributed by atoms with E-state index in [-0.39, 0.29) is 48.0 Å². The highest BCUT2D eigenvalue weighted by Crippen LogP contribution is 2.66. The molecule has 246 valence electrons. The van der Waals surface area contributed by atoms with E-state index in [2.05, 4.69) is 0 Å². The summed E-state index contributed by atoms with van der Waals surface area (Å²) < 4.78 is 19.5. The second-order valence-electron chi connectivity index (χ2n) is 12.2. The van der Waals surface area contributed by atoms with E-state index in [1.807, 2.05) is 0 Å². The number of non-ortho nitro benzene ring substituents is 1. The molecule has 6 atom stereocenters. The van der Waals surface area contributed by atoms with Gasteiger partial charge in [-0.05, 0) is 79.8 Å². The summed E-state index contributed by atoms with van der Waals surface area (Å²) in [5.74, 6) is -7.30. The van der Waals surface area contributed by atoms with Crippen LogP contribution in [0.25, 0.3) is 0 Å². The lowest BCUT2D eigenvalue weighted by molar-refractivity contribution is -0.384. The molecule has 4 amide bonds. The Bertz CT molecular complexity index is 1950. The van der Waals surface area contributed by atoms with Gasteiger partial charge in [0.1, 0.15) is 5.82 Å². The number of halogens is 3. The van der Waals surface area contributed by atoms with Gasteiger partial charge in [0.15, 0.2) is 21.2 Å². The highest BCUT2D eigenvalue weighted by atomic mass is 35.5. The lowest BCUT2D eigenvalue weighted by Gasteiger charge is -2.50. The Hall–Kier alpha value is -4.81. The van der Waals surface area contributed by atoms with Crippen LogP contribution in [-0.2, 0) is 19.2 Å². The van der Waals surface area contributed by atoms with Gasteiger partial charge in [-0.3, -0.25) is 34.2 Å². The van der Waals surface area contributed by atoms with Gasteiger partial charge >= 0.3 is 0 Å². The number of rotatable bonds is 6. The third-order valence-electron chi connectivity index (χ3n) is 9.83. The van der Waals surface area contributed by atoms with Crippen molar-refractivity contribution >= 4 is 63.9 Å². The van der Waals surface area contributed by atoms with Crippen molar-refractivity contribution in [2.75, 3.05) is 16.4 Å². The molecule has 11 nitrogen and oxygen atoms in total. The number of nitro groups is 1. The second kappa shape index (κ2) is 11.1. The van der Waals surface area contributed by atoms with Crippen molar-refractivity contribution in [2.24, 2.45) is 17.8 Å². The number of aromatic hydroxyl groups is 1. The number of hydrogen-bond donors (Lipinski definition) is 1. The molecule has 14 heteroatoms. The fourth-order valence-electron chi connectivity index (χ4n) is 7.73. The molecule has 2 aliphatic heterocycles. The maximum Gasteiger partial charge on any atom is 0.269 e. The average molecular weight is 694 g/mol. The van der Waals surface area contributed by atoms with Crippen molar-refractivity contribution in [2.45, 2.75) is 35.4 Å². The number of amides is 4. The van der Waals surface area contributed by atoms with Crippen LogP contribution in [-0.4, -0.2) is 50.0 Å². The van der Waals surface area contributed by atoms with Crippen molar-refractivity contribution < 1.29 is 38.3 Å². The van der Waals surface area contributed by atoms with Crippen molar-refractivity contribution in [1.82, 2.24) is 0 Å². The number of nitrogens with zero attached hydrogens (tertiary/aromatic N) is 3. The first-order valence-corrected chi connectivity index (χ1v) is 15.9. The minimum Gasteiger partial charge on any atom is -0.504 e. The summed E-state index contributed by atoms with van der Waals surface area (Å²) in [6.45, 7) is 1.92. The zero-order valence-corrected chi connectivity index (χ0v) is 26.7. The molecule has 2 heterocycles. The number of imide groups is 2. The topological polar surface area (TPSA) is 147 Å². The third kappa shape index (κ3) is 4.31. The quantitative estimate of drug-likeness (QED) is 0.115. The average Bonchev–Trinajstić information content (AvgIpc) is 3.40. The van der Waals surface area contributed by atoms with E-state index in [0.29, 0.717) is 11.1 Å². The summed E-state index contributed by atoms with van der Waals surface area (Å²) in [7, 11) is 0. The monoisotopic (exact) mass is 693 g/mol. The Morgan fingerprint density at radius 1 is 0.938 bits per heavy atom. The molecular formula is C34H26Cl2FN3O8. The van der Waals surface area contributed by atoms with Gasteiger partial charge in [-0.25, -0.2) is 9.29 Å². The summed E-state index contributed by atoms with van der Waals surface area (Å²) in [5, 5.41) is 21.7. The van der Waals surface area contributed by atoms with Crippen LogP contribution >= 0.6 is 23.2 Å². The number of ether oxygens (including phenoxy) is 1. The first-order chi connectivity index (χ1) is 22.8. The number of phenolic OH excluding ortho intramolecular Hbond substituents is 1. The van der Waals surface area contributed by atoms with Gasteiger partial charge in [-0.15, -0.1) is 23.2 Å². The predicted octanol–water partition coefficient (Wildman–Crippen LogP) is 5.61. The number of anilines is 2. The van der Waals surface area contributed by atoms with E-state index in [4.69, 9.17) is 27.9 Å². The van der Waals surface area contributed by atoms with Crippen molar-refractivity contribution in [1.29, 1.82) is 0 Å². The Labute approximate surface area is 282 Å². The van der Waals surface area contributed by atoms with Gasteiger partial charge < -0.3 is 9.84 Å². The minimum atomic E-state index is -2.15. The lowest BCUT2D eigenvalue weighted by Crippen LogP contribution is -2.60. The Morgan fingerprint density at radius 2 is 1.58 bits per heavy atom. The molecule has 3 aromatic rings. The van der Waals surface area contributed by atoms with Crippen molar-refractivity contribution in [3.05, 3.63) is 99.9 Å². The lowest BCUT2D eigenvalue weighted by atomic mass is 9.56. The van der Waals surface area contributed by atoms with E-state index in [9.17, 15) is 38.8 Å². The molecule has 2 aliphatic carbocycles. The molecule has 0 radical (unpaired) electrons. The Morgan fingerprint density at radius 3 is 2.23 bits per heavy atom. The molecule has 3 aromatic carbocycles. The summed E-state index contributed by atoms with van der Waals surface area (Å²) in [6.07, 6.45) is 1.57. The summed E-state index contributed by atoms with van der Waals surface area (Å²) in [6, 6.07) is 14.1. The number of carbonyl (C=O) groups is 4. The van der Waals surface area contributed by atoms with E-state index in [1.165, 1.54) is 54.6 Å². The predicted molar refractivity (Wildman–Crippen MR) is 171 cm³/mol. The second-order valence-corrected chi connectivity index (χ2v) is 13.4. The molecule has 3 fully saturated rings. The molecule has 7 rings (SSSR count). The summed E-state index contributed by atoms with van der Waals surface area (Å²) in [4.78, 5) is 64.9.